The monoisotopic (exact) mass is 190 g/mol. The fraction of sp³-hybridized carbons (Fsp3) is 0.100. The number of nitrogens with zero attached hydrogens (tertiary/aromatic N) is 1. The molecule has 2 rings (SSSR count). The van der Waals surface area contributed by atoms with E-state index in [-0.39, 0.29) is 5.75 Å². The first-order valence-corrected chi connectivity index (χ1v) is 4.13. The maximum absolute atomic E-state index is 9.35. The van der Waals surface area contributed by atoms with Gasteiger partial charge >= 0.3 is 0 Å². The summed E-state index contributed by atoms with van der Waals surface area (Å²) in [7, 11) is 1.58. The smallest absolute Gasteiger partial charge is 0.157 e. The van der Waals surface area contributed by atoms with Gasteiger partial charge in [-0.3, -0.25) is 4.98 Å². The van der Waals surface area contributed by atoms with E-state index in [0.717, 1.165) is 5.52 Å². The van der Waals surface area contributed by atoms with Crippen molar-refractivity contribution in [2.45, 2.75) is 0 Å². The summed E-state index contributed by atoms with van der Waals surface area (Å²) in [5.74, 6) is 0.683. The summed E-state index contributed by atoms with van der Waals surface area (Å²) in [6.07, 6.45) is 1.34. The highest BCUT2D eigenvalue weighted by Crippen LogP contribution is 2.29. The van der Waals surface area contributed by atoms with Crippen LogP contribution in [0.25, 0.3) is 10.9 Å². The first kappa shape index (κ1) is 8.62. The van der Waals surface area contributed by atoms with E-state index in [9.17, 15) is 5.11 Å². The Labute approximate surface area is 80.9 Å². The highest BCUT2D eigenvalue weighted by molar-refractivity contribution is 5.93. The van der Waals surface area contributed by atoms with E-state index in [4.69, 9.17) is 10.5 Å². The first-order valence-electron chi connectivity index (χ1n) is 4.13. The number of fused-ring (bicyclic) bond motifs is 1. The minimum Gasteiger partial charge on any atom is -0.504 e. The average Bonchev–Trinajstić information content (AvgIpc) is 2.23. The van der Waals surface area contributed by atoms with Crippen LogP contribution in [0.2, 0.25) is 0 Å². The molecule has 1 aromatic heterocycles. The maximum Gasteiger partial charge on any atom is 0.157 e. The molecule has 0 bridgehead atoms. The largest absolute Gasteiger partial charge is 0.504 e. The SMILES string of the molecule is COc1ccc2ncc(O)c(N)c2c1. The molecule has 0 saturated heterocycles. The molecule has 0 aliphatic carbocycles. The maximum atomic E-state index is 9.35. The molecular formula is C10H10N2O2. The van der Waals surface area contributed by atoms with Crippen molar-refractivity contribution in [1.82, 2.24) is 4.98 Å². The first-order chi connectivity index (χ1) is 6.72. The zero-order chi connectivity index (χ0) is 10.1. The van der Waals surface area contributed by atoms with E-state index < -0.39 is 0 Å². The Balaban J connectivity index is 2.78. The Morgan fingerprint density at radius 2 is 2.21 bits per heavy atom. The number of anilines is 1. The van der Waals surface area contributed by atoms with E-state index in [1.165, 1.54) is 6.20 Å². The molecule has 1 heterocycles. The third kappa shape index (κ3) is 1.21. The zero-order valence-corrected chi connectivity index (χ0v) is 7.69. The number of hydrogen-bond donors (Lipinski definition) is 2. The standard InChI is InChI=1S/C10H10N2O2/c1-14-6-2-3-8-7(4-6)10(11)9(13)5-12-8/h2-5,13H,1H3,(H2,11,12). The lowest BCUT2D eigenvalue weighted by Crippen LogP contribution is -1.91. The molecule has 2 aromatic rings. The van der Waals surface area contributed by atoms with Crippen LogP contribution >= 0.6 is 0 Å². The number of hydrogen-bond acceptors (Lipinski definition) is 4. The Morgan fingerprint density at radius 3 is 2.93 bits per heavy atom. The van der Waals surface area contributed by atoms with Crippen LogP contribution in [0.4, 0.5) is 5.69 Å². The van der Waals surface area contributed by atoms with Crippen LogP contribution in [0.1, 0.15) is 0 Å². The van der Waals surface area contributed by atoms with Crippen LogP contribution in [-0.4, -0.2) is 17.2 Å². The summed E-state index contributed by atoms with van der Waals surface area (Å²) in [5, 5.41) is 10.1. The van der Waals surface area contributed by atoms with Gasteiger partial charge < -0.3 is 15.6 Å². The van der Waals surface area contributed by atoms with Crippen molar-refractivity contribution in [2.75, 3.05) is 12.8 Å². The number of aromatic hydroxyl groups is 1. The molecular weight excluding hydrogens is 180 g/mol. The number of rotatable bonds is 1. The number of nitrogens with two attached hydrogens (primary N) is 1. The zero-order valence-electron chi connectivity index (χ0n) is 7.69. The van der Waals surface area contributed by atoms with Gasteiger partial charge in [-0.1, -0.05) is 0 Å². The number of pyridine rings is 1. The van der Waals surface area contributed by atoms with Gasteiger partial charge in [0.25, 0.3) is 0 Å². The molecule has 3 N–H and O–H groups in total. The second-order valence-corrected chi connectivity index (χ2v) is 2.94. The number of ether oxygens (including phenoxy) is 1. The van der Waals surface area contributed by atoms with Crippen molar-refractivity contribution in [2.24, 2.45) is 0 Å². The van der Waals surface area contributed by atoms with Crippen LogP contribution in [0.5, 0.6) is 11.5 Å². The topological polar surface area (TPSA) is 68.4 Å². The minimum absolute atomic E-state index is 0.00856. The van der Waals surface area contributed by atoms with Crippen LogP contribution in [0.15, 0.2) is 24.4 Å². The molecule has 0 amide bonds. The van der Waals surface area contributed by atoms with Gasteiger partial charge in [0.05, 0.1) is 24.5 Å². The van der Waals surface area contributed by atoms with Gasteiger partial charge in [-0.25, -0.2) is 0 Å². The third-order valence-electron chi connectivity index (χ3n) is 2.10. The Hall–Kier alpha value is -1.97. The van der Waals surface area contributed by atoms with E-state index in [1.807, 2.05) is 0 Å². The Kier molecular flexibility index (Phi) is 1.89. The molecule has 72 valence electrons. The molecule has 0 aliphatic heterocycles. The molecule has 0 spiro atoms. The highest BCUT2D eigenvalue weighted by Gasteiger charge is 2.05. The van der Waals surface area contributed by atoms with Gasteiger partial charge in [-0.15, -0.1) is 0 Å². The molecule has 4 nitrogen and oxygen atoms in total. The lowest BCUT2D eigenvalue weighted by molar-refractivity contribution is 0.415. The quantitative estimate of drug-likeness (QED) is 0.715. The molecule has 0 fully saturated rings. The lowest BCUT2D eigenvalue weighted by atomic mass is 10.2. The van der Waals surface area contributed by atoms with Crippen molar-refractivity contribution in [3.05, 3.63) is 24.4 Å². The molecule has 0 radical (unpaired) electrons. The summed E-state index contributed by atoms with van der Waals surface area (Å²) in [4.78, 5) is 4.03. The number of methoxy groups -OCH3 is 1. The van der Waals surface area contributed by atoms with Gasteiger partial charge in [-0.05, 0) is 18.2 Å². The summed E-state index contributed by atoms with van der Waals surface area (Å²) in [6.45, 7) is 0. The summed E-state index contributed by atoms with van der Waals surface area (Å²) >= 11 is 0. The van der Waals surface area contributed by atoms with Gasteiger partial charge in [0.15, 0.2) is 5.75 Å². The van der Waals surface area contributed by atoms with Gasteiger partial charge in [-0.2, -0.15) is 0 Å². The van der Waals surface area contributed by atoms with Crippen molar-refractivity contribution in [3.63, 3.8) is 0 Å². The second-order valence-electron chi connectivity index (χ2n) is 2.94. The number of nitrogen functional groups attached to an aromatic ring is 1. The van der Waals surface area contributed by atoms with Gasteiger partial charge in [0.2, 0.25) is 0 Å². The van der Waals surface area contributed by atoms with Crippen LogP contribution in [0, 0.1) is 0 Å². The predicted octanol–water partition coefficient (Wildman–Crippen LogP) is 1.53. The van der Waals surface area contributed by atoms with Crippen LogP contribution in [-0.2, 0) is 0 Å². The van der Waals surface area contributed by atoms with E-state index in [0.29, 0.717) is 16.8 Å². The minimum atomic E-state index is -0.00856. The van der Waals surface area contributed by atoms with Crippen molar-refractivity contribution < 1.29 is 9.84 Å². The molecule has 1 aromatic carbocycles. The third-order valence-corrected chi connectivity index (χ3v) is 2.10. The fourth-order valence-corrected chi connectivity index (χ4v) is 1.31. The normalized spacial score (nSPS) is 10.4. The molecule has 0 aliphatic rings. The van der Waals surface area contributed by atoms with Crippen molar-refractivity contribution in [1.29, 1.82) is 0 Å². The van der Waals surface area contributed by atoms with Gasteiger partial charge in [0.1, 0.15) is 5.75 Å². The van der Waals surface area contributed by atoms with Gasteiger partial charge in [0, 0.05) is 5.39 Å². The summed E-state index contributed by atoms with van der Waals surface area (Å²) in [5.41, 5.74) is 6.76. The van der Waals surface area contributed by atoms with Crippen molar-refractivity contribution >= 4 is 16.6 Å². The van der Waals surface area contributed by atoms with Crippen LogP contribution < -0.4 is 10.5 Å². The second kappa shape index (κ2) is 3.06. The van der Waals surface area contributed by atoms with Crippen molar-refractivity contribution in [3.8, 4) is 11.5 Å². The average molecular weight is 190 g/mol. The lowest BCUT2D eigenvalue weighted by Gasteiger charge is -2.05. The Morgan fingerprint density at radius 1 is 1.43 bits per heavy atom. The molecule has 4 heteroatoms. The highest BCUT2D eigenvalue weighted by atomic mass is 16.5. The molecule has 14 heavy (non-hydrogen) atoms. The number of aromatic nitrogens is 1. The van der Waals surface area contributed by atoms with E-state index >= 15 is 0 Å². The van der Waals surface area contributed by atoms with Crippen LogP contribution in [0.3, 0.4) is 0 Å². The molecule has 0 saturated carbocycles. The predicted molar refractivity (Wildman–Crippen MR) is 54.4 cm³/mol. The van der Waals surface area contributed by atoms with E-state index in [2.05, 4.69) is 4.98 Å². The molecule has 0 unspecified atom stereocenters. The Bertz CT molecular complexity index is 483. The summed E-state index contributed by atoms with van der Waals surface area (Å²) < 4.78 is 5.05. The fourth-order valence-electron chi connectivity index (χ4n) is 1.31. The number of benzene rings is 1. The molecule has 0 atom stereocenters. The van der Waals surface area contributed by atoms with E-state index in [1.54, 1.807) is 25.3 Å². The summed E-state index contributed by atoms with van der Waals surface area (Å²) in [6, 6.07) is 5.34.